The molecule has 6 heteroatoms. The van der Waals surface area contributed by atoms with E-state index in [1.54, 1.807) is 16.2 Å². The minimum atomic E-state index is -0.0976. The van der Waals surface area contributed by atoms with Crippen molar-refractivity contribution in [2.24, 2.45) is 0 Å². The van der Waals surface area contributed by atoms with E-state index in [-0.39, 0.29) is 18.0 Å². The molecule has 1 saturated heterocycles. The Kier molecular flexibility index (Phi) is 4.84. The maximum absolute atomic E-state index is 12.3. The van der Waals surface area contributed by atoms with Crippen LogP contribution in [0.25, 0.3) is 0 Å². The highest BCUT2D eigenvalue weighted by atomic mass is 35.5. The minimum absolute atomic E-state index is 0.0976. The highest BCUT2D eigenvalue weighted by Crippen LogP contribution is 2.31. The summed E-state index contributed by atoms with van der Waals surface area (Å²) in [6.07, 6.45) is 0. The molecular weight excluding hydrogens is 282 g/mol. The van der Waals surface area contributed by atoms with Gasteiger partial charge in [-0.1, -0.05) is 11.6 Å². The van der Waals surface area contributed by atoms with Crippen molar-refractivity contribution in [1.29, 1.82) is 0 Å². The summed E-state index contributed by atoms with van der Waals surface area (Å²) >= 11 is 7.60. The average molecular weight is 302 g/mol. The zero-order valence-corrected chi connectivity index (χ0v) is 13.1. The third-order valence-electron chi connectivity index (χ3n) is 3.51. The fourth-order valence-electron chi connectivity index (χ4n) is 2.43. The first kappa shape index (κ1) is 14.8. The van der Waals surface area contributed by atoms with Crippen LogP contribution >= 0.6 is 22.9 Å². The van der Waals surface area contributed by atoms with E-state index in [1.807, 2.05) is 20.2 Å². The van der Waals surface area contributed by atoms with Crippen LogP contribution in [0.5, 0.6) is 0 Å². The Hall–Kier alpha value is -0.620. The number of amides is 1. The quantitative estimate of drug-likeness (QED) is 0.925. The molecule has 19 heavy (non-hydrogen) atoms. The van der Waals surface area contributed by atoms with E-state index in [1.165, 1.54) is 4.88 Å². The standard InChI is InChI=1S/C13H20ClN3OS/c1-9(11-4-5-12(14)19-11)17-7-6-15-8-10(17)13(18)16(2)3/h4-5,9-10,15H,6-8H2,1-3H3. The first-order valence-corrected chi connectivity index (χ1v) is 7.63. The van der Waals surface area contributed by atoms with Gasteiger partial charge in [0.05, 0.1) is 4.34 Å². The number of carbonyl (C=O) groups is 1. The predicted octanol–water partition coefficient (Wildman–Crippen LogP) is 1.82. The summed E-state index contributed by atoms with van der Waals surface area (Å²) in [6, 6.07) is 4.09. The van der Waals surface area contributed by atoms with Crippen LogP contribution in [0.2, 0.25) is 4.34 Å². The highest BCUT2D eigenvalue weighted by molar-refractivity contribution is 7.16. The lowest BCUT2D eigenvalue weighted by Crippen LogP contribution is -2.57. The first-order valence-electron chi connectivity index (χ1n) is 6.43. The van der Waals surface area contributed by atoms with Crippen LogP contribution in [-0.2, 0) is 4.79 Å². The second-order valence-corrected chi connectivity index (χ2v) is 6.75. The maximum atomic E-state index is 12.3. The summed E-state index contributed by atoms with van der Waals surface area (Å²) in [4.78, 5) is 17.4. The van der Waals surface area contributed by atoms with E-state index in [9.17, 15) is 4.79 Å². The number of hydrogen-bond acceptors (Lipinski definition) is 4. The number of likely N-dealkylation sites (N-methyl/N-ethyl adjacent to an activating group) is 1. The van der Waals surface area contributed by atoms with Crippen molar-refractivity contribution in [3.63, 3.8) is 0 Å². The van der Waals surface area contributed by atoms with Gasteiger partial charge in [-0.05, 0) is 19.1 Å². The molecule has 1 aliphatic rings. The highest BCUT2D eigenvalue weighted by Gasteiger charge is 2.33. The van der Waals surface area contributed by atoms with Crippen LogP contribution in [0.15, 0.2) is 12.1 Å². The van der Waals surface area contributed by atoms with Gasteiger partial charge in [-0.15, -0.1) is 11.3 Å². The molecule has 0 saturated carbocycles. The number of nitrogens with zero attached hydrogens (tertiary/aromatic N) is 2. The lowest BCUT2D eigenvalue weighted by Gasteiger charge is -2.39. The molecule has 2 atom stereocenters. The lowest BCUT2D eigenvalue weighted by atomic mass is 10.1. The van der Waals surface area contributed by atoms with Gasteiger partial charge in [-0.25, -0.2) is 0 Å². The predicted molar refractivity (Wildman–Crippen MR) is 79.8 cm³/mol. The van der Waals surface area contributed by atoms with Crippen molar-refractivity contribution in [2.75, 3.05) is 33.7 Å². The van der Waals surface area contributed by atoms with Crippen molar-refractivity contribution < 1.29 is 4.79 Å². The largest absolute Gasteiger partial charge is 0.347 e. The maximum Gasteiger partial charge on any atom is 0.240 e. The Balaban J connectivity index is 2.17. The number of rotatable bonds is 3. The third kappa shape index (κ3) is 3.28. The van der Waals surface area contributed by atoms with Gasteiger partial charge in [0.25, 0.3) is 0 Å². The molecule has 0 bridgehead atoms. The van der Waals surface area contributed by atoms with Crippen molar-refractivity contribution in [3.8, 4) is 0 Å². The molecule has 1 aromatic heterocycles. The molecule has 0 aliphatic carbocycles. The Morgan fingerprint density at radius 2 is 2.32 bits per heavy atom. The Labute approximate surface area is 123 Å². The third-order valence-corrected chi connectivity index (χ3v) is 4.92. The molecule has 2 heterocycles. The van der Waals surface area contributed by atoms with Crippen molar-refractivity contribution in [3.05, 3.63) is 21.3 Å². The van der Waals surface area contributed by atoms with E-state index in [0.29, 0.717) is 6.54 Å². The Morgan fingerprint density at radius 1 is 1.58 bits per heavy atom. The van der Waals surface area contributed by atoms with Crippen LogP contribution in [0.4, 0.5) is 0 Å². The van der Waals surface area contributed by atoms with Crippen molar-refractivity contribution in [1.82, 2.24) is 15.1 Å². The molecule has 1 N–H and O–H groups in total. The van der Waals surface area contributed by atoms with E-state index < -0.39 is 0 Å². The average Bonchev–Trinajstić information content (AvgIpc) is 2.83. The summed E-state index contributed by atoms with van der Waals surface area (Å²) in [5, 5.41) is 3.30. The second kappa shape index (κ2) is 6.22. The molecule has 0 spiro atoms. The summed E-state index contributed by atoms with van der Waals surface area (Å²) in [6.45, 7) is 4.64. The number of carbonyl (C=O) groups excluding carboxylic acids is 1. The molecule has 2 unspecified atom stereocenters. The topological polar surface area (TPSA) is 35.6 Å². The van der Waals surface area contributed by atoms with Gasteiger partial charge in [0.2, 0.25) is 5.91 Å². The Morgan fingerprint density at radius 3 is 2.89 bits per heavy atom. The number of halogens is 1. The molecule has 0 radical (unpaired) electrons. The van der Waals surface area contributed by atoms with Gasteiger partial charge in [0.15, 0.2) is 0 Å². The summed E-state index contributed by atoms with van der Waals surface area (Å²) in [5.41, 5.74) is 0. The van der Waals surface area contributed by atoms with Crippen LogP contribution in [-0.4, -0.2) is 55.5 Å². The van der Waals surface area contributed by atoms with Crippen molar-refractivity contribution in [2.45, 2.75) is 19.0 Å². The zero-order valence-electron chi connectivity index (χ0n) is 11.5. The molecule has 1 amide bonds. The fraction of sp³-hybridized carbons (Fsp3) is 0.615. The van der Waals surface area contributed by atoms with Gasteiger partial charge in [0, 0.05) is 44.6 Å². The SMILES string of the molecule is CC(c1ccc(Cl)s1)N1CCNCC1C(=O)N(C)C. The number of thiophene rings is 1. The first-order chi connectivity index (χ1) is 9.00. The molecule has 106 valence electrons. The van der Waals surface area contributed by atoms with Gasteiger partial charge in [0.1, 0.15) is 6.04 Å². The molecule has 2 rings (SSSR count). The van der Waals surface area contributed by atoms with Gasteiger partial charge in [-0.2, -0.15) is 0 Å². The van der Waals surface area contributed by atoms with Gasteiger partial charge < -0.3 is 10.2 Å². The second-order valence-electron chi connectivity index (χ2n) is 5.01. The van der Waals surface area contributed by atoms with E-state index in [2.05, 4.69) is 23.2 Å². The monoisotopic (exact) mass is 301 g/mol. The fourth-order valence-corrected chi connectivity index (χ4v) is 3.56. The number of hydrogen-bond donors (Lipinski definition) is 1. The summed E-state index contributed by atoms with van der Waals surface area (Å²) in [7, 11) is 3.61. The van der Waals surface area contributed by atoms with Gasteiger partial charge in [-0.3, -0.25) is 9.69 Å². The van der Waals surface area contributed by atoms with Crippen LogP contribution in [0.1, 0.15) is 17.8 Å². The minimum Gasteiger partial charge on any atom is -0.347 e. The van der Waals surface area contributed by atoms with E-state index in [0.717, 1.165) is 17.4 Å². The molecule has 1 aromatic rings. The smallest absolute Gasteiger partial charge is 0.240 e. The molecule has 4 nitrogen and oxygen atoms in total. The molecular formula is C13H20ClN3OS. The van der Waals surface area contributed by atoms with Crippen molar-refractivity contribution >= 4 is 28.8 Å². The summed E-state index contributed by atoms with van der Waals surface area (Å²) < 4.78 is 0.799. The van der Waals surface area contributed by atoms with E-state index >= 15 is 0 Å². The molecule has 1 aliphatic heterocycles. The summed E-state index contributed by atoms with van der Waals surface area (Å²) in [5.74, 6) is 0.154. The zero-order chi connectivity index (χ0) is 14.0. The lowest BCUT2D eigenvalue weighted by molar-refractivity contribution is -0.136. The van der Waals surface area contributed by atoms with Crippen LogP contribution in [0.3, 0.4) is 0 Å². The van der Waals surface area contributed by atoms with Crippen LogP contribution < -0.4 is 5.32 Å². The van der Waals surface area contributed by atoms with Crippen LogP contribution in [0, 0.1) is 0 Å². The number of nitrogens with one attached hydrogen (secondary N) is 1. The van der Waals surface area contributed by atoms with Gasteiger partial charge >= 0.3 is 0 Å². The normalized spacial score (nSPS) is 22.2. The molecule has 1 fully saturated rings. The Bertz CT molecular complexity index is 449. The molecule has 0 aromatic carbocycles. The number of piperazine rings is 1. The van der Waals surface area contributed by atoms with E-state index in [4.69, 9.17) is 11.6 Å².